The number of aromatic nitrogens is 1. The number of ether oxygens (including phenoxy) is 2. The molecular formula is C10H13NO6. The highest BCUT2D eigenvalue weighted by Gasteiger charge is 2.12. The van der Waals surface area contributed by atoms with Gasteiger partial charge in [0.1, 0.15) is 6.61 Å². The van der Waals surface area contributed by atoms with Crippen molar-refractivity contribution in [3.8, 4) is 11.8 Å². The number of nitrogens with zero attached hydrogens (tertiary/aromatic N) is 1. The Morgan fingerprint density at radius 3 is 2.59 bits per heavy atom. The van der Waals surface area contributed by atoms with Crippen LogP contribution in [0, 0.1) is 0 Å². The molecule has 0 spiro atoms. The van der Waals surface area contributed by atoms with Crippen LogP contribution in [0.2, 0.25) is 0 Å². The summed E-state index contributed by atoms with van der Waals surface area (Å²) in [5.74, 6) is -0.829. The maximum atomic E-state index is 11.1. The van der Waals surface area contributed by atoms with Crippen molar-refractivity contribution in [1.29, 1.82) is 0 Å². The zero-order chi connectivity index (χ0) is 12.7. The first-order valence-corrected chi connectivity index (χ1v) is 4.78. The highest BCUT2D eigenvalue weighted by atomic mass is 16.8. The van der Waals surface area contributed by atoms with E-state index in [0.717, 1.165) is 12.1 Å². The first-order valence-electron chi connectivity index (χ1n) is 4.78. The van der Waals surface area contributed by atoms with Crippen molar-refractivity contribution >= 4 is 6.16 Å². The second kappa shape index (κ2) is 6.44. The number of hydrogen-bond acceptors (Lipinski definition) is 6. The number of rotatable bonds is 6. The first-order chi connectivity index (χ1) is 8.15. The SMILES string of the molecule is C=CCOCCOC(=O)On1c(O)ccc1O. The lowest BCUT2D eigenvalue weighted by Crippen LogP contribution is -2.21. The molecule has 0 unspecified atom stereocenters. The molecule has 0 aliphatic heterocycles. The summed E-state index contributed by atoms with van der Waals surface area (Å²) in [7, 11) is 0. The van der Waals surface area contributed by atoms with Crippen molar-refractivity contribution in [2.45, 2.75) is 0 Å². The number of carbonyl (C=O) groups is 1. The van der Waals surface area contributed by atoms with E-state index < -0.39 is 17.9 Å². The van der Waals surface area contributed by atoms with Crippen molar-refractivity contribution < 1.29 is 29.3 Å². The van der Waals surface area contributed by atoms with Crippen LogP contribution >= 0.6 is 0 Å². The molecule has 7 heteroatoms. The van der Waals surface area contributed by atoms with Crippen LogP contribution in [0.5, 0.6) is 11.8 Å². The second-order valence-electron chi connectivity index (χ2n) is 2.90. The van der Waals surface area contributed by atoms with Gasteiger partial charge in [-0.05, 0) is 0 Å². The molecule has 94 valence electrons. The molecule has 0 radical (unpaired) electrons. The molecule has 0 saturated heterocycles. The molecule has 0 aromatic carbocycles. The molecule has 1 aromatic rings. The van der Waals surface area contributed by atoms with Crippen LogP contribution in [0.25, 0.3) is 0 Å². The van der Waals surface area contributed by atoms with Crippen molar-refractivity contribution in [3.63, 3.8) is 0 Å². The third-order valence-corrected chi connectivity index (χ3v) is 1.65. The van der Waals surface area contributed by atoms with Crippen LogP contribution < -0.4 is 4.84 Å². The van der Waals surface area contributed by atoms with Gasteiger partial charge in [0.15, 0.2) is 0 Å². The van der Waals surface area contributed by atoms with Crippen molar-refractivity contribution in [2.75, 3.05) is 19.8 Å². The average molecular weight is 243 g/mol. The molecule has 1 heterocycles. The van der Waals surface area contributed by atoms with Gasteiger partial charge in [0.2, 0.25) is 11.8 Å². The van der Waals surface area contributed by atoms with E-state index in [1.54, 1.807) is 6.08 Å². The Morgan fingerprint density at radius 2 is 2.00 bits per heavy atom. The van der Waals surface area contributed by atoms with Crippen molar-refractivity contribution in [3.05, 3.63) is 24.8 Å². The summed E-state index contributed by atoms with van der Waals surface area (Å²) < 4.78 is 10.1. The molecule has 0 aliphatic carbocycles. The van der Waals surface area contributed by atoms with Gasteiger partial charge in [0.05, 0.1) is 13.2 Å². The molecule has 17 heavy (non-hydrogen) atoms. The molecule has 0 saturated carbocycles. The van der Waals surface area contributed by atoms with Gasteiger partial charge in [-0.15, -0.1) is 11.3 Å². The average Bonchev–Trinajstić information content (AvgIpc) is 2.60. The third-order valence-electron chi connectivity index (χ3n) is 1.65. The van der Waals surface area contributed by atoms with Crippen LogP contribution in [0.15, 0.2) is 24.8 Å². The maximum absolute atomic E-state index is 11.1. The molecule has 0 fully saturated rings. The Morgan fingerprint density at radius 1 is 1.35 bits per heavy atom. The van der Waals surface area contributed by atoms with Gasteiger partial charge >= 0.3 is 6.16 Å². The van der Waals surface area contributed by atoms with E-state index >= 15 is 0 Å². The van der Waals surface area contributed by atoms with Gasteiger partial charge in [-0.2, -0.15) is 0 Å². The van der Waals surface area contributed by atoms with Crippen LogP contribution in [0.1, 0.15) is 0 Å². The lowest BCUT2D eigenvalue weighted by atomic mass is 10.6. The predicted octanol–water partition coefficient (Wildman–Crippen LogP) is 0.667. The number of hydrogen-bond donors (Lipinski definition) is 2. The quantitative estimate of drug-likeness (QED) is 0.433. The van der Waals surface area contributed by atoms with Crippen LogP contribution in [0.3, 0.4) is 0 Å². The minimum atomic E-state index is -1.06. The molecule has 7 nitrogen and oxygen atoms in total. The topological polar surface area (TPSA) is 90.2 Å². The molecule has 1 rings (SSSR count). The third kappa shape index (κ3) is 4.07. The van der Waals surface area contributed by atoms with Gasteiger partial charge in [0.25, 0.3) is 0 Å². The highest BCUT2D eigenvalue weighted by molar-refractivity contribution is 5.60. The van der Waals surface area contributed by atoms with E-state index in [4.69, 9.17) is 14.9 Å². The smallest absolute Gasteiger partial charge is 0.492 e. The summed E-state index contributed by atoms with van der Waals surface area (Å²) in [5.41, 5.74) is 0. The number of aromatic hydroxyl groups is 2. The van der Waals surface area contributed by atoms with Gasteiger partial charge in [-0.1, -0.05) is 6.08 Å². The summed E-state index contributed by atoms with van der Waals surface area (Å²) in [6.45, 7) is 4.00. The minimum absolute atomic E-state index is 0.00450. The fourth-order valence-electron chi connectivity index (χ4n) is 0.947. The maximum Gasteiger partial charge on any atom is 0.534 e. The van der Waals surface area contributed by atoms with E-state index in [1.807, 2.05) is 0 Å². The van der Waals surface area contributed by atoms with Gasteiger partial charge in [-0.25, -0.2) is 4.79 Å². The Bertz CT molecular complexity index is 367. The lowest BCUT2D eigenvalue weighted by Gasteiger charge is -2.07. The van der Waals surface area contributed by atoms with Crippen molar-refractivity contribution in [2.24, 2.45) is 0 Å². The fraction of sp³-hybridized carbons (Fsp3) is 0.300. The van der Waals surface area contributed by atoms with E-state index in [9.17, 15) is 4.79 Å². The molecular weight excluding hydrogens is 230 g/mol. The van der Waals surface area contributed by atoms with E-state index in [0.29, 0.717) is 11.3 Å². The fourth-order valence-corrected chi connectivity index (χ4v) is 0.947. The van der Waals surface area contributed by atoms with Crippen LogP contribution in [-0.4, -0.2) is 40.9 Å². The van der Waals surface area contributed by atoms with E-state index in [1.165, 1.54) is 0 Å². The largest absolute Gasteiger partial charge is 0.534 e. The first kappa shape index (κ1) is 12.9. The van der Waals surface area contributed by atoms with Gasteiger partial charge in [-0.3, -0.25) is 4.84 Å². The zero-order valence-electron chi connectivity index (χ0n) is 9.04. The summed E-state index contributed by atoms with van der Waals surface area (Å²) in [5, 5.41) is 18.3. The predicted molar refractivity (Wildman–Crippen MR) is 56.7 cm³/mol. The number of carbonyl (C=O) groups excluding carboxylic acids is 1. The van der Waals surface area contributed by atoms with Crippen LogP contribution in [0.4, 0.5) is 4.79 Å². The van der Waals surface area contributed by atoms with Crippen molar-refractivity contribution in [1.82, 2.24) is 4.73 Å². The van der Waals surface area contributed by atoms with E-state index in [2.05, 4.69) is 16.2 Å². The molecule has 0 amide bonds. The van der Waals surface area contributed by atoms with Crippen LogP contribution in [-0.2, 0) is 9.47 Å². The summed E-state index contributed by atoms with van der Waals surface area (Å²) in [6.07, 6.45) is 0.503. The minimum Gasteiger partial charge on any atom is -0.492 e. The monoisotopic (exact) mass is 243 g/mol. The van der Waals surface area contributed by atoms with E-state index in [-0.39, 0.29) is 13.2 Å². The standard InChI is InChI=1S/C10H13NO6/c1-2-5-15-6-7-16-10(14)17-11-8(12)3-4-9(11)13/h2-4,12-13H,1,5-7H2. The zero-order valence-corrected chi connectivity index (χ0v) is 9.04. The molecule has 2 N–H and O–H groups in total. The van der Waals surface area contributed by atoms with Gasteiger partial charge in [0, 0.05) is 12.1 Å². The Labute approximate surface area is 97.4 Å². The Hall–Kier alpha value is -2.15. The summed E-state index contributed by atoms with van der Waals surface area (Å²) in [4.78, 5) is 15.6. The van der Waals surface area contributed by atoms with Gasteiger partial charge < -0.3 is 19.7 Å². The highest BCUT2D eigenvalue weighted by Crippen LogP contribution is 2.18. The molecule has 0 atom stereocenters. The molecule has 0 bridgehead atoms. The summed E-state index contributed by atoms with van der Waals surface area (Å²) >= 11 is 0. The summed E-state index contributed by atoms with van der Waals surface area (Å²) in [6, 6.07) is 2.33. The Kier molecular flexibility index (Phi) is 4.89. The second-order valence-corrected chi connectivity index (χ2v) is 2.90. The molecule has 0 aliphatic rings. The normalized spacial score (nSPS) is 9.88. The molecule has 1 aromatic heterocycles. The Balaban J connectivity index is 2.28. The lowest BCUT2D eigenvalue weighted by molar-refractivity contribution is 0.0184.